The zero-order valence-electron chi connectivity index (χ0n) is 20.1. The van der Waals surface area contributed by atoms with Gasteiger partial charge in [-0.3, -0.25) is 0 Å². The summed E-state index contributed by atoms with van der Waals surface area (Å²) in [5.41, 5.74) is 0. The molecule has 0 bridgehead atoms. The molecule has 253 valence electrons. The van der Waals surface area contributed by atoms with Crippen molar-refractivity contribution in [3.8, 4) is 0 Å². The van der Waals surface area contributed by atoms with Gasteiger partial charge in [0.1, 0.15) is 45.0 Å². The van der Waals surface area contributed by atoms with Crippen LogP contribution in [0.2, 0.25) is 0 Å². The first-order valence-electron chi connectivity index (χ1n) is 9.45. The Labute approximate surface area is 276 Å². The maximum absolute atomic E-state index is 12.6. The second kappa shape index (κ2) is 15.3. The Bertz CT molecular complexity index is 1720. The summed E-state index contributed by atoms with van der Waals surface area (Å²) in [6.07, 6.45) is 0. The molecule has 0 saturated heterocycles. The molecule has 28 heteroatoms. The third-order valence-electron chi connectivity index (χ3n) is 4.26. The van der Waals surface area contributed by atoms with Gasteiger partial charge in [0.2, 0.25) is 17.5 Å². The van der Waals surface area contributed by atoms with Crippen LogP contribution in [-0.2, 0) is 30.4 Å². The van der Waals surface area contributed by atoms with Crippen molar-refractivity contribution in [2.45, 2.75) is 14.7 Å². The van der Waals surface area contributed by atoms with Crippen molar-refractivity contribution in [1.82, 2.24) is 0 Å². The molecule has 46 heavy (non-hydrogen) atoms. The molecule has 3 aromatic carbocycles. The Balaban J connectivity index is 0.000000653. The third kappa shape index (κ3) is 8.98. The topological polar surface area (TPSA) is 172 Å². The first-order chi connectivity index (χ1) is 20.0. The van der Waals surface area contributed by atoms with E-state index in [1.165, 1.54) is 0 Å². The molecule has 0 aliphatic heterocycles. The summed E-state index contributed by atoms with van der Waals surface area (Å²) in [5, 5.41) is 0. The number of rotatable bonds is 3. The van der Waals surface area contributed by atoms with Crippen molar-refractivity contribution in [2.24, 2.45) is 0 Å². The molecule has 0 N–H and O–H groups in total. The second-order valence-electron chi connectivity index (χ2n) is 7.06. The van der Waals surface area contributed by atoms with Crippen molar-refractivity contribution in [2.75, 3.05) is 0 Å². The van der Waals surface area contributed by atoms with Crippen LogP contribution in [0.5, 0.6) is 0 Å². The van der Waals surface area contributed by atoms with Gasteiger partial charge in [0.05, 0.1) is 0 Å². The van der Waals surface area contributed by atoms with Crippen molar-refractivity contribution >= 4 is 30.4 Å². The summed E-state index contributed by atoms with van der Waals surface area (Å²) in [5.74, 6) is -38.5. The molecule has 3 rings (SSSR count). The van der Waals surface area contributed by atoms with Crippen LogP contribution in [0.1, 0.15) is 0 Å². The summed E-state index contributed by atoms with van der Waals surface area (Å²) in [7, 11) is -17.3. The predicted octanol–water partition coefficient (Wildman–Crippen LogP) is 3.86. The molecule has 0 aliphatic rings. The Morgan fingerprint density at radius 2 is 0.348 bits per heavy atom. The molecule has 0 aliphatic carbocycles. The van der Waals surface area contributed by atoms with E-state index in [2.05, 4.69) is 0 Å². The molecule has 0 heterocycles. The molecule has 0 aromatic heterocycles. The fourth-order valence-electron chi connectivity index (χ4n) is 2.41. The summed E-state index contributed by atoms with van der Waals surface area (Å²) >= 11 is 0. The van der Waals surface area contributed by atoms with E-state index in [-0.39, 0.29) is 40.8 Å². The van der Waals surface area contributed by atoms with E-state index in [9.17, 15) is 105 Å². The van der Waals surface area contributed by atoms with E-state index in [1.807, 2.05) is 0 Å². The second-order valence-corrected chi connectivity index (χ2v) is 11.0. The largest absolute Gasteiger partial charge is 3.00 e. The Morgan fingerprint density at radius 1 is 0.261 bits per heavy atom. The smallest absolute Gasteiger partial charge is 0.744 e. The van der Waals surface area contributed by atoms with Crippen molar-refractivity contribution < 1.29 is 146 Å². The van der Waals surface area contributed by atoms with Gasteiger partial charge < -0.3 is 13.7 Å². The van der Waals surface area contributed by atoms with Crippen LogP contribution in [0.15, 0.2) is 14.7 Å². The molecule has 0 atom stereocenters. The van der Waals surface area contributed by atoms with E-state index in [1.54, 1.807) is 0 Å². The Morgan fingerprint density at radius 3 is 0.435 bits per heavy atom. The average molecular weight is 886 g/mol. The molecule has 0 saturated carbocycles. The molecule has 0 unspecified atom stereocenters. The van der Waals surface area contributed by atoms with Gasteiger partial charge in [0.15, 0.2) is 69.8 Å². The minimum absolute atomic E-state index is 0. The van der Waals surface area contributed by atoms with Crippen LogP contribution in [0.3, 0.4) is 0 Å². The third-order valence-corrected chi connectivity index (χ3v) is 6.83. The van der Waals surface area contributed by atoms with Crippen molar-refractivity contribution in [1.29, 1.82) is 0 Å². The van der Waals surface area contributed by atoms with Gasteiger partial charge in [-0.2, -0.15) is 0 Å². The molecule has 1 radical (unpaired) electrons. The maximum Gasteiger partial charge on any atom is 3.00 e. The van der Waals surface area contributed by atoms with Gasteiger partial charge in [-0.1, -0.05) is 0 Å². The van der Waals surface area contributed by atoms with Crippen LogP contribution < -0.4 is 0 Å². The first-order valence-corrected chi connectivity index (χ1v) is 13.7. The molecule has 0 spiro atoms. The Hall–Kier alpha value is -2.31. The Kier molecular flexibility index (Phi) is 14.5. The fourth-order valence-corrected chi connectivity index (χ4v) is 4.27. The van der Waals surface area contributed by atoms with Crippen LogP contribution >= 0.6 is 0 Å². The fraction of sp³-hybridized carbons (Fsp3) is 0. The first kappa shape index (κ1) is 43.7. The van der Waals surface area contributed by atoms with Crippen molar-refractivity contribution in [3.05, 3.63) is 87.3 Å². The van der Waals surface area contributed by atoms with Gasteiger partial charge >= 0.3 is 40.8 Å². The van der Waals surface area contributed by atoms with Gasteiger partial charge in [0, 0.05) is 0 Å². The molecule has 9 nitrogen and oxygen atoms in total. The predicted molar refractivity (Wildman–Crippen MR) is 103 cm³/mol. The minimum atomic E-state index is -5.77. The van der Waals surface area contributed by atoms with E-state index < -0.39 is 132 Å². The van der Waals surface area contributed by atoms with Gasteiger partial charge in [0.25, 0.3) is 0 Å². The van der Waals surface area contributed by atoms with E-state index >= 15 is 0 Å². The van der Waals surface area contributed by atoms with Crippen LogP contribution in [0.4, 0.5) is 65.9 Å². The molecular formula is C18F15NdO9S3. The van der Waals surface area contributed by atoms with Gasteiger partial charge in [-0.05, 0) is 0 Å². The quantitative estimate of drug-likeness (QED) is 0.164. The van der Waals surface area contributed by atoms with Crippen LogP contribution in [0, 0.1) is 128 Å². The standard InChI is InChI=1S/3C6HF5O3S.Nd/c3*7-1-2(8)4(10)6(15(12,13)14)5(11)3(1)9;/h3*(H,12,13,14);/q;;;+3/p-3. The molecule has 0 fully saturated rings. The molecule has 3 aromatic rings. The van der Waals surface area contributed by atoms with E-state index in [4.69, 9.17) is 0 Å². The molecular weight excluding hydrogens is 886 g/mol. The SMILES string of the molecule is O=S(=O)([O-])c1c(F)c(F)c(F)c(F)c1F.O=S(=O)([O-])c1c(F)c(F)c(F)c(F)c1F.O=S(=O)([O-])c1c(F)c(F)c(F)c(F)c1F.[Nd+3]. The van der Waals surface area contributed by atoms with Gasteiger partial charge in [-0.15, -0.1) is 0 Å². The van der Waals surface area contributed by atoms with Crippen LogP contribution in [-0.4, -0.2) is 38.9 Å². The number of halogens is 15. The average Bonchev–Trinajstić information content (AvgIpc) is 2.89. The summed E-state index contributed by atoms with van der Waals surface area (Å²) < 4.78 is 279. The summed E-state index contributed by atoms with van der Waals surface area (Å²) in [4.78, 5) is -7.13. The summed E-state index contributed by atoms with van der Waals surface area (Å²) in [6, 6.07) is 0. The zero-order chi connectivity index (χ0) is 35.9. The number of hydrogen-bond donors (Lipinski definition) is 0. The number of hydrogen-bond acceptors (Lipinski definition) is 9. The monoisotopic (exact) mass is 883 g/mol. The zero-order valence-corrected chi connectivity index (χ0v) is 25.7. The van der Waals surface area contributed by atoms with E-state index in [0.717, 1.165) is 0 Å². The minimum Gasteiger partial charge on any atom is -0.744 e. The molecule has 0 amide bonds. The van der Waals surface area contributed by atoms with E-state index in [0.29, 0.717) is 0 Å². The van der Waals surface area contributed by atoms with Crippen molar-refractivity contribution in [3.63, 3.8) is 0 Å². The maximum atomic E-state index is 12.6. The van der Waals surface area contributed by atoms with Crippen LogP contribution in [0.25, 0.3) is 0 Å². The van der Waals surface area contributed by atoms with Gasteiger partial charge in [-0.25, -0.2) is 91.1 Å². The summed E-state index contributed by atoms with van der Waals surface area (Å²) in [6.45, 7) is 0. The normalized spacial score (nSPS) is 11.6. The number of benzene rings is 3.